The Morgan fingerprint density at radius 3 is 2.66 bits per heavy atom. The normalized spacial score (nSPS) is 12.3. The van der Waals surface area contributed by atoms with Crippen molar-refractivity contribution >= 4 is 45.2 Å². The molecule has 0 aliphatic heterocycles. The molecule has 0 saturated heterocycles. The van der Waals surface area contributed by atoms with Crippen LogP contribution in [0.4, 0.5) is 4.39 Å². The molecule has 1 unspecified atom stereocenters. The number of rotatable bonds is 5. The zero-order valence-electron chi connectivity index (χ0n) is 15.4. The monoisotopic (exact) mass is 522 g/mol. The minimum atomic E-state index is -0.467. The molecule has 4 rings (SSSR count). The number of halogens is 3. The number of aliphatic hydroxyl groups excluding tert-OH is 1. The predicted molar refractivity (Wildman–Crippen MR) is 120 cm³/mol. The molecule has 0 spiro atoms. The highest BCUT2D eigenvalue weighted by molar-refractivity contribution is 14.1. The van der Waals surface area contributed by atoms with Crippen molar-refractivity contribution in [3.05, 3.63) is 86.5 Å². The van der Waals surface area contributed by atoms with Crippen LogP contribution in [0, 0.1) is 9.39 Å². The lowest BCUT2D eigenvalue weighted by Crippen LogP contribution is -2.16. The van der Waals surface area contributed by atoms with E-state index in [2.05, 4.69) is 27.6 Å². The number of hydrogen-bond acceptors (Lipinski definition) is 3. The zero-order valence-corrected chi connectivity index (χ0v) is 18.4. The lowest BCUT2D eigenvalue weighted by molar-refractivity contribution is 0.0556. The largest absolute Gasteiger partial charge is 0.406 e. The second kappa shape index (κ2) is 8.30. The summed E-state index contributed by atoms with van der Waals surface area (Å²) in [5, 5.41) is 9.29. The third kappa shape index (κ3) is 3.97. The van der Waals surface area contributed by atoms with Gasteiger partial charge in [0.15, 0.2) is 0 Å². The highest BCUT2D eigenvalue weighted by atomic mass is 127. The molecule has 0 bridgehead atoms. The number of fused-ring (bicyclic) bond motifs is 1. The number of benzene rings is 2. The molecule has 0 aliphatic carbocycles. The Morgan fingerprint density at radius 1 is 1.17 bits per heavy atom. The number of aromatic nitrogens is 2. The molecule has 0 aliphatic rings. The summed E-state index contributed by atoms with van der Waals surface area (Å²) in [6.07, 6.45) is 3.12. The summed E-state index contributed by atoms with van der Waals surface area (Å²) >= 11 is 8.31. The SMILES string of the molecule is CC(On1ccc2ncc(-c3ccc(CO)cc3)cc21)c1c(I)ccc(F)c1Cl. The van der Waals surface area contributed by atoms with Gasteiger partial charge >= 0.3 is 0 Å². The standard InChI is InChI=1S/C22H17ClFIN2O2/c1-13(21-18(25)7-6-17(24)22(21)23)29-27-9-8-19-20(27)10-16(11-26-19)15-4-2-14(12-28)3-5-15/h2-11,13,28H,12H2,1H3. The van der Waals surface area contributed by atoms with Gasteiger partial charge in [-0.25, -0.2) is 4.39 Å². The zero-order chi connectivity index (χ0) is 20.5. The average molecular weight is 523 g/mol. The van der Waals surface area contributed by atoms with Crippen LogP contribution in [0.25, 0.3) is 22.2 Å². The minimum Gasteiger partial charge on any atom is -0.406 e. The molecular weight excluding hydrogens is 506 g/mol. The maximum Gasteiger partial charge on any atom is 0.150 e. The second-order valence-electron chi connectivity index (χ2n) is 6.63. The van der Waals surface area contributed by atoms with E-state index in [1.54, 1.807) is 23.2 Å². The summed E-state index contributed by atoms with van der Waals surface area (Å²) < 4.78 is 16.4. The second-order valence-corrected chi connectivity index (χ2v) is 8.17. The highest BCUT2D eigenvalue weighted by Crippen LogP contribution is 2.32. The van der Waals surface area contributed by atoms with E-state index in [-0.39, 0.29) is 11.6 Å². The van der Waals surface area contributed by atoms with Crippen molar-refractivity contribution in [3.63, 3.8) is 0 Å². The van der Waals surface area contributed by atoms with Crippen molar-refractivity contribution in [3.8, 4) is 11.1 Å². The van der Waals surface area contributed by atoms with Gasteiger partial charge in [0.05, 0.1) is 17.1 Å². The molecular formula is C22H17ClFIN2O2. The molecule has 0 radical (unpaired) electrons. The summed E-state index contributed by atoms with van der Waals surface area (Å²) in [6.45, 7) is 1.84. The molecule has 0 saturated carbocycles. The molecule has 7 heteroatoms. The van der Waals surface area contributed by atoms with Crippen LogP contribution in [-0.2, 0) is 6.61 Å². The van der Waals surface area contributed by atoms with E-state index in [1.807, 2.05) is 43.3 Å². The molecule has 2 aromatic heterocycles. The Morgan fingerprint density at radius 2 is 1.93 bits per heavy atom. The fourth-order valence-electron chi connectivity index (χ4n) is 3.18. The Hall–Kier alpha value is -2.16. The molecule has 2 heterocycles. The topological polar surface area (TPSA) is 47.3 Å². The van der Waals surface area contributed by atoms with Gasteiger partial charge in [-0.15, -0.1) is 0 Å². The number of nitrogens with zero attached hydrogens (tertiary/aromatic N) is 2. The summed E-state index contributed by atoms with van der Waals surface area (Å²) in [5.41, 5.74) is 4.95. The van der Waals surface area contributed by atoms with Crippen LogP contribution in [0.2, 0.25) is 5.02 Å². The fraction of sp³-hybridized carbons (Fsp3) is 0.136. The van der Waals surface area contributed by atoms with E-state index >= 15 is 0 Å². The van der Waals surface area contributed by atoms with Crippen molar-refractivity contribution in [2.24, 2.45) is 0 Å². The van der Waals surface area contributed by atoms with E-state index in [1.165, 1.54) is 6.07 Å². The lowest BCUT2D eigenvalue weighted by Gasteiger charge is -2.19. The Kier molecular flexibility index (Phi) is 5.76. The van der Waals surface area contributed by atoms with Gasteiger partial charge in [-0.05, 0) is 64.9 Å². The van der Waals surface area contributed by atoms with Crippen LogP contribution < -0.4 is 4.84 Å². The number of aliphatic hydroxyl groups is 1. The molecule has 1 atom stereocenters. The van der Waals surface area contributed by atoms with Crippen molar-refractivity contribution in [2.75, 3.05) is 0 Å². The molecule has 4 aromatic rings. The maximum absolute atomic E-state index is 13.9. The van der Waals surface area contributed by atoms with E-state index in [0.29, 0.717) is 5.56 Å². The van der Waals surface area contributed by atoms with E-state index in [9.17, 15) is 9.50 Å². The molecule has 1 N–H and O–H groups in total. The van der Waals surface area contributed by atoms with Crippen molar-refractivity contribution in [1.82, 2.24) is 9.71 Å². The van der Waals surface area contributed by atoms with Gasteiger partial charge in [-0.3, -0.25) is 4.98 Å². The van der Waals surface area contributed by atoms with Crippen molar-refractivity contribution in [1.29, 1.82) is 0 Å². The first kappa shape index (κ1) is 20.1. The van der Waals surface area contributed by atoms with Gasteiger partial charge in [0.1, 0.15) is 17.4 Å². The predicted octanol–water partition coefficient (Wildman–Crippen LogP) is 5.78. The first-order valence-electron chi connectivity index (χ1n) is 8.95. The molecule has 29 heavy (non-hydrogen) atoms. The van der Waals surface area contributed by atoms with Crippen LogP contribution in [-0.4, -0.2) is 14.8 Å². The van der Waals surface area contributed by atoms with Crippen molar-refractivity contribution < 1.29 is 14.3 Å². The molecule has 0 amide bonds. The minimum absolute atomic E-state index is 0.00752. The average Bonchev–Trinajstić information content (AvgIpc) is 3.13. The fourth-order valence-corrected chi connectivity index (χ4v) is 4.54. The number of pyridine rings is 1. The summed E-state index contributed by atoms with van der Waals surface area (Å²) in [7, 11) is 0. The van der Waals surface area contributed by atoms with Crippen molar-refractivity contribution in [2.45, 2.75) is 19.6 Å². The molecule has 4 nitrogen and oxygen atoms in total. The first-order valence-corrected chi connectivity index (χ1v) is 10.4. The summed E-state index contributed by atoms with van der Waals surface area (Å²) in [4.78, 5) is 10.6. The smallest absolute Gasteiger partial charge is 0.150 e. The van der Waals surface area contributed by atoms with Gasteiger partial charge < -0.3 is 9.94 Å². The van der Waals surface area contributed by atoms with E-state index < -0.39 is 11.9 Å². The quantitative estimate of drug-likeness (QED) is 0.267. The highest BCUT2D eigenvalue weighted by Gasteiger charge is 2.19. The molecule has 148 valence electrons. The van der Waals surface area contributed by atoms with E-state index in [4.69, 9.17) is 16.4 Å². The summed E-state index contributed by atoms with van der Waals surface area (Å²) in [6, 6.07) is 14.5. The van der Waals surface area contributed by atoms with Crippen LogP contribution in [0.3, 0.4) is 0 Å². The Balaban J connectivity index is 1.69. The van der Waals surface area contributed by atoms with E-state index in [0.717, 1.165) is 31.3 Å². The van der Waals surface area contributed by atoms with Gasteiger partial charge in [-0.2, -0.15) is 4.73 Å². The lowest BCUT2D eigenvalue weighted by atomic mass is 10.1. The van der Waals surface area contributed by atoms with Crippen LogP contribution in [0.5, 0.6) is 0 Å². The Bertz CT molecular complexity index is 1180. The molecule has 2 aromatic carbocycles. The third-order valence-electron chi connectivity index (χ3n) is 4.73. The maximum atomic E-state index is 13.9. The summed E-state index contributed by atoms with van der Waals surface area (Å²) in [5.74, 6) is -0.467. The van der Waals surface area contributed by atoms with Crippen LogP contribution >= 0.6 is 34.2 Å². The Labute approximate surface area is 186 Å². The number of hydrogen-bond donors (Lipinski definition) is 1. The van der Waals surface area contributed by atoms with Crippen LogP contribution in [0.1, 0.15) is 24.2 Å². The first-order chi connectivity index (χ1) is 14.0. The third-order valence-corrected chi connectivity index (χ3v) is 6.05. The van der Waals surface area contributed by atoms with Gasteiger partial charge in [0.25, 0.3) is 0 Å². The van der Waals surface area contributed by atoms with Gasteiger partial charge in [0.2, 0.25) is 0 Å². The van der Waals surface area contributed by atoms with Gasteiger partial charge in [0, 0.05) is 27.1 Å². The molecule has 0 fully saturated rings. The van der Waals surface area contributed by atoms with Gasteiger partial charge in [-0.1, -0.05) is 35.9 Å². The van der Waals surface area contributed by atoms with Crippen LogP contribution in [0.15, 0.2) is 60.9 Å².